The second-order valence-electron chi connectivity index (χ2n) is 7.76. The molecule has 3 atom stereocenters. The number of hydrogen-bond acceptors (Lipinski definition) is 8. The number of aromatic hydroxyl groups is 1. The molecule has 2 aliphatic rings. The van der Waals surface area contributed by atoms with Gasteiger partial charge in [0.15, 0.2) is 17.3 Å². The Morgan fingerprint density at radius 1 is 1.13 bits per heavy atom. The number of carbonyl (C=O) groups is 4. The number of ketones is 3. The summed E-state index contributed by atoms with van der Waals surface area (Å²) >= 11 is 0. The van der Waals surface area contributed by atoms with E-state index in [1.165, 1.54) is 6.07 Å². The third-order valence-electron chi connectivity index (χ3n) is 6.33. The first kappa shape index (κ1) is 21.3. The van der Waals surface area contributed by atoms with Crippen molar-refractivity contribution in [3.63, 3.8) is 0 Å². The van der Waals surface area contributed by atoms with Crippen molar-refractivity contribution in [3.05, 3.63) is 52.0 Å². The molecule has 0 saturated carbocycles. The molecule has 9 heteroatoms. The van der Waals surface area contributed by atoms with Crippen LogP contribution in [0.15, 0.2) is 40.9 Å². The molecule has 1 aromatic rings. The maximum Gasteiger partial charge on any atom is 0.256 e. The first-order valence-electron chi connectivity index (χ1n) is 9.20. The Kier molecular flexibility index (Phi) is 5.03. The highest BCUT2D eigenvalue weighted by Gasteiger charge is 2.53. The zero-order valence-corrected chi connectivity index (χ0v) is 16.3. The second kappa shape index (κ2) is 7.10. The van der Waals surface area contributed by atoms with Crippen molar-refractivity contribution in [2.75, 3.05) is 6.61 Å². The average molecular weight is 415 g/mol. The zero-order chi connectivity index (χ0) is 22.5. The number of rotatable bonds is 5. The quantitative estimate of drug-likeness (QED) is 0.345. The Bertz CT molecular complexity index is 1070. The smallest absolute Gasteiger partial charge is 0.256 e. The minimum atomic E-state index is -1.34. The summed E-state index contributed by atoms with van der Waals surface area (Å²) in [5.41, 5.74) is 3.08. The van der Waals surface area contributed by atoms with Gasteiger partial charge < -0.3 is 26.2 Å². The number of Topliss-reactive ketones (excluding diaryl/α,β-unsaturated/α-hetero) is 3. The highest BCUT2D eigenvalue weighted by atomic mass is 16.3. The summed E-state index contributed by atoms with van der Waals surface area (Å²) in [5.74, 6) is -8.09. The number of nitrogens with two attached hydrogens (primary N) is 1. The number of primary amides is 1. The molecule has 158 valence electrons. The molecule has 0 fully saturated rings. The van der Waals surface area contributed by atoms with Crippen LogP contribution >= 0.6 is 0 Å². The minimum Gasteiger partial charge on any atom is -0.507 e. The molecule has 1 amide bonds. The van der Waals surface area contributed by atoms with E-state index in [9.17, 15) is 39.6 Å². The highest BCUT2D eigenvalue weighted by Crippen LogP contribution is 2.51. The summed E-state index contributed by atoms with van der Waals surface area (Å²) in [6.07, 6.45) is -0.248. The predicted octanol–water partition coefficient (Wildman–Crippen LogP) is 0.742. The van der Waals surface area contributed by atoms with Crippen molar-refractivity contribution in [3.8, 4) is 5.75 Å². The lowest BCUT2D eigenvalue weighted by Gasteiger charge is -2.37. The van der Waals surface area contributed by atoms with Gasteiger partial charge in [0.1, 0.15) is 11.3 Å². The third-order valence-corrected chi connectivity index (χ3v) is 6.33. The molecule has 3 unspecified atom stereocenters. The summed E-state index contributed by atoms with van der Waals surface area (Å²) < 4.78 is 0. The normalized spacial score (nSPS) is 25.0. The number of carbonyl (C=O) groups excluding carboxylic acids is 4. The van der Waals surface area contributed by atoms with Gasteiger partial charge >= 0.3 is 0 Å². The average Bonchev–Trinajstić information content (AvgIpc) is 2.92. The van der Waals surface area contributed by atoms with Crippen LogP contribution in [-0.2, 0) is 19.8 Å². The van der Waals surface area contributed by atoms with Gasteiger partial charge in [0.2, 0.25) is 11.6 Å². The number of aliphatic hydroxyl groups is 3. The standard InChI is InChI=1S/C21H21NO8/c1-8(6-9-15(25)18(28)14(20(22)30)19(29)16(9)26)21(2)10-4-3-5-12(24)13(10)17(27)11(21)7-23/h3-5,8,11,23-25,29H,6-7H2,1-2H3,(H2,22,30). The number of fused-ring (bicyclic) bond motifs is 1. The summed E-state index contributed by atoms with van der Waals surface area (Å²) in [6, 6.07) is 4.53. The van der Waals surface area contributed by atoms with E-state index in [1.807, 2.05) is 0 Å². The van der Waals surface area contributed by atoms with E-state index in [2.05, 4.69) is 0 Å². The van der Waals surface area contributed by atoms with Crippen LogP contribution in [0.3, 0.4) is 0 Å². The number of benzene rings is 1. The van der Waals surface area contributed by atoms with Crippen molar-refractivity contribution in [2.24, 2.45) is 17.6 Å². The van der Waals surface area contributed by atoms with Crippen LogP contribution in [0.2, 0.25) is 0 Å². The van der Waals surface area contributed by atoms with Gasteiger partial charge in [0.05, 0.1) is 18.1 Å². The Morgan fingerprint density at radius 3 is 2.33 bits per heavy atom. The molecule has 0 aliphatic heterocycles. The van der Waals surface area contributed by atoms with Crippen molar-refractivity contribution in [1.29, 1.82) is 0 Å². The molecular weight excluding hydrogens is 394 g/mol. The van der Waals surface area contributed by atoms with Crippen LogP contribution in [0.4, 0.5) is 0 Å². The molecule has 0 radical (unpaired) electrons. The molecule has 2 aliphatic carbocycles. The first-order valence-corrected chi connectivity index (χ1v) is 9.20. The van der Waals surface area contributed by atoms with Gasteiger partial charge in [0, 0.05) is 11.0 Å². The zero-order valence-electron chi connectivity index (χ0n) is 16.3. The van der Waals surface area contributed by atoms with Gasteiger partial charge in [-0.2, -0.15) is 0 Å². The first-order chi connectivity index (χ1) is 14.0. The van der Waals surface area contributed by atoms with Crippen LogP contribution < -0.4 is 5.73 Å². The molecule has 30 heavy (non-hydrogen) atoms. The molecule has 9 nitrogen and oxygen atoms in total. The highest BCUT2D eigenvalue weighted by molar-refractivity contribution is 6.33. The Morgan fingerprint density at radius 2 is 1.77 bits per heavy atom. The van der Waals surface area contributed by atoms with Gasteiger partial charge in [-0.3, -0.25) is 19.2 Å². The topological polar surface area (TPSA) is 175 Å². The molecular formula is C21H21NO8. The van der Waals surface area contributed by atoms with E-state index in [-0.39, 0.29) is 17.7 Å². The van der Waals surface area contributed by atoms with E-state index in [1.54, 1.807) is 26.0 Å². The van der Waals surface area contributed by atoms with Crippen LogP contribution in [0, 0.1) is 11.8 Å². The van der Waals surface area contributed by atoms with Crippen LogP contribution in [0.1, 0.15) is 36.2 Å². The van der Waals surface area contributed by atoms with Crippen molar-refractivity contribution in [2.45, 2.75) is 25.7 Å². The fraction of sp³-hybridized carbons (Fsp3) is 0.333. The lowest BCUT2D eigenvalue weighted by Crippen LogP contribution is -2.40. The number of allylic oxidation sites excluding steroid dienone is 2. The summed E-state index contributed by atoms with van der Waals surface area (Å²) in [4.78, 5) is 48.9. The van der Waals surface area contributed by atoms with Crippen molar-refractivity contribution < 1.29 is 39.6 Å². The van der Waals surface area contributed by atoms with E-state index in [0.717, 1.165) is 0 Å². The number of hydrogen-bond donors (Lipinski definition) is 5. The largest absolute Gasteiger partial charge is 0.507 e. The van der Waals surface area contributed by atoms with Crippen LogP contribution in [0.25, 0.3) is 0 Å². The Hall–Kier alpha value is -3.46. The van der Waals surface area contributed by atoms with Gasteiger partial charge in [-0.1, -0.05) is 26.0 Å². The second-order valence-corrected chi connectivity index (χ2v) is 7.76. The van der Waals surface area contributed by atoms with E-state index < -0.39 is 69.8 Å². The molecule has 1 aromatic carbocycles. The van der Waals surface area contributed by atoms with E-state index in [4.69, 9.17) is 5.73 Å². The SMILES string of the molecule is CC(CC1=C(O)C(=O)C(C(N)=O)=C(O)C1=O)C1(C)c2cccc(O)c2C(=O)C1CO. The maximum absolute atomic E-state index is 12.8. The molecule has 0 heterocycles. The lowest BCUT2D eigenvalue weighted by molar-refractivity contribution is -0.124. The van der Waals surface area contributed by atoms with Crippen molar-refractivity contribution >= 4 is 23.3 Å². The van der Waals surface area contributed by atoms with Gasteiger partial charge in [0.25, 0.3) is 5.91 Å². The summed E-state index contributed by atoms with van der Waals surface area (Å²) in [7, 11) is 0. The molecule has 0 spiro atoms. The summed E-state index contributed by atoms with van der Waals surface area (Å²) in [5, 5.41) is 40.3. The van der Waals surface area contributed by atoms with Gasteiger partial charge in [-0.05, 0) is 24.0 Å². The minimum absolute atomic E-state index is 0.0777. The Labute approximate surface area is 171 Å². The van der Waals surface area contributed by atoms with Crippen LogP contribution in [-0.4, -0.2) is 50.3 Å². The van der Waals surface area contributed by atoms with Crippen molar-refractivity contribution in [1.82, 2.24) is 0 Å². The van der Waals surface area contributed by atoms with Gasteiger partial charge in [-0.15, -0.1) is 0 Å². The number of amides is 1. The molecule has 6 N–H and O–H groups in total. The fourth-order valence-electron chi connectivity index (χ4n) is 4.43. The molecule has 3 rings (SSSR count). The third kappa shape index (κ3) is 2.73. The summed E-state index contributed by atoms with van der Waals surface area (Å²) in [6.45, 7) is 2.80. The maximum atomic E-state index is 12.8. The number of phenols is 1. The molecule has 0 bridgehead atoms. The van der Waals surface area contributed by atoms with E-state index >= 15 is 0 Å². The number of phenolic OH excluding ortho intramolecular Hbond substituents is 1. The number of aliphatic hydroxyl groups excluding tert-OH is 3. The Balaban J connectivity index is 2.06. The molecule has 0 saturated heterocycles. The van der Waals surface area contributed by atoms with Crippen LogP contribution in [0.5, 0.6) is 5.75 Å². The predicted molar refractivity (Wildman–Crippen MR) is 103 cm³/mol. The monoisotopic (exact) mass is 415 g/mol. The fourth-order valence-corrected chi connectivity index (χ4v) is 4.43. The molecule has 0 aromatic heterocycles. The van der Waals surface area contributed by atoms with Gasteiger partial charge in [-0.25, -0.2) is 0 Å². The lowest BCUT2D eigenvalue weighted by atomic mass is 9.65. The van der Waals surface area contributed by atoms with E-state index in [0.29, 0.717) is 5.56 Å².